The van der Waals surface area contributed by atoms with Crippen LogP contribution in [0.5, 0.6) is 0 Å². The lowest BCUT2D eigenvalue weighted by Crippen LogP contribution is -2.48. The minimum absolute atomic E-state index is 0.0410. The van der Waals surface area contributed by atoms with Crippen LogP contribution in [0.1, 0.15) is 25.3 Å². The van der Waals surface area contributed by atoms with Crippen LogP contribution in [0.15, 0.2) is 23.1 Å². The molecule has 1 aliphatic heterocycles. The van der Waals surface area contributed by atoms with Crippen molar-refractivity contribution in [3.63, 3.8) is 0 Å². The molecule has 0 bridgehead atoms. The number of sulfonamides is 1. The predicted octanol–water partition coefficient (Wildman–Crippen LogP) is 2.34. The van der Waals surface area contributed by atoms with E-state index in [1.807, 2.05) is 0 Å². The lowest BCUT2D eigenvalue weighted by Gasteiger charge is -2.35. The van der Waals surface area contributed by atoms with Crippen LogP contribution in [0.2, 0.25) is 0 Å². The summed E-state index contributed by atoms with van der Waals surface area (Å²) in [6, 6.07) is 0.876. The fraction of sp³-hybridized carbons (Fsp3) is 0.538. The Kier molecular flexibility index (Phi) is 4.51. The minimum atomic E-state index is -4.96. The number of hydrogen-bond acceptors (Lipinski definition) is 3. The first kappa shape index (κ1) is 17.2. The number of hydrogen-bond donors (Lipinski definition) is 1. The molecule has 0 aromatic heterocycles. The molecule has 0 amide bonds. The first-order valence-corrected chi connectivity index (χ1v) is 8.11. The zero-order valence-corrected chi connectivity index (χ0v) is 12.6. The molecule has 1 saturated heterocycles. The predicted molar refractivity (Wildman–Crippen MR) is 72.0 cm³/mol. The summed E-state index contributed by atoms with van der Waals surface area (Å²) in [7, 11) is -4.37. The summed E-state index contributed by atoms with van der Waals surface area (Å²) < 4.78 is 78.2. The van der Waals surface area contributed by atoms with Gasteiger partial charge in [-0.25, -0.2) is 12.8 Å². The number of alkyl halides is 3. The van der Waals surface area contributed by atoms with Gasteiger partial charge in [-0.2, -0.15) is 17.5 Å². The van der Waals surface area contributed by atoms with Crippen LogP contribution in [-0.2, 0) is 16.2 Å². The lowest BCUT2D eigenvalue weighted by molar-refractivity contribution is -0.140. The van der Waals surface area contributed by atoms with Crippen LogP contribution < -0.4 is 5.73 Å². The Labute approximate surface area is 126 Å². The van der Waals surface area contributed by atoms with Crippen molar-refractivity contribution in [2.24, 2.45) is 5.73 Å². The van der Waals surface area contributed by atoms with Gasteiger partial charge in [-0.05, 0) is 38.0 Å². The second-order valence-corrected chi connectivity index (χ2v) is 7.25. The topological polar surface area (TPSA) is 63.4 Å². The van der Waals surface area contributed by atoms with E-state index >= 15 is 0 Å². The normalized spacial score (nSPS) is 24.5. The van der Waals surface area contributed by atoms with Crippen molar-refractivity contribution in [2.75, 3.05) is 6.54 Å². The summed E-state index contributed by atoms with van der Waals surface area (Å²) in [5, 5.41) is 0. The van der Waals surface area contributed by atoms with Crippen molar-refractivity contribution in [1.29, 1.82) is 0 Å². The molecule has 1 aliphatic rings. The van der Waals surface area contributed by atoms with Gasteiger partial charge in [0.1, 0.15) is 5.82 Å². The smallest absolute Gasteiger partial charge is 0.328 e. The van der Waals surface area contributed by atoms with Gasteiger partial charge in [0.25, 0.3) is 0 Å². The highest BCUT2D eigenvalue weighted by atomic mass is 32.2. The molecule has 2 rings (SSSR count). The van der Waals surface area contributed by atoms with Gasteiger partial charge in [-0.3, -0.25) is 0 Å². The molecule has 1 aromatic rings. The summed E-state index contributed by atoms with van der Waals surface area (Å²) in [6.45, 7) is 1.63. The van der Waals surface area contributed by atoms with Crippen molar-refractivity contribution < 1.29 is 26.0 Å². The molecule has 0 saturated carbocycles. The average Bonchev–Trinajstić information content (AvgIpc) is 2.36. The third kappa shape index (κ3) is 3.26. The minimum Gasteiger partial charge on any atom is -0.328 e. The molecular weight excluding hydrogens is 324 g/mol. The Bertz CT molecular complexity index is 660. The highest BCUT2D eigenvalue weighted by Gasteiger charge is 2.41. The molecule has 1 fully saturated rings. The van der Waals surface area contributed by atoms with Gasteiger partial charge >= 0.3 is 6.18 Å². The number of rotatable bonds is 2. The Morgan fingerprint density at radius 3 is 2.50 bits per heavy atom. The van der Waals surface area contributed by atoms with Crippen LogP contribution in [0, 0.1) is 5.82 Å². The van der Waals surface area contributed by atoms with Gasteiger partial charge in [0.05, 0.1) is 10.5 Å². The zero-order chi connectivity index (χ0) is 16.7. The molecule has 2 unspecified atom stereocenters. The summed E-state index contributed by atoms with van der Waals surface area (Å²) in [5.41, 5.74) is 4.25. The van der Waals surface area contributed by atoms with E-state index in [9.17, 15) is 26.0 Å². The van der Waals surface area contributed by atoms with Gasteiger partial charge < -0.3 is 5.73 Å². The van der Waals surface area contributed by atoms with Crippen LogP contribution in [0.3, 0.4) is 0 Å². The second-order valence-electron chi connectivity index (χ2n) is 5.39. The molecule has 9 heteroatoms. The largest absolute Gasteiger partial charge is 0.417 e. The Morgan fingerprint density at radius 2 is 1.95 bits per heavy atom. The third-order valence-corrected chi connectivity index (χ3v) is 5.76. The van der Waals surface area contributed by atoms with E-state index in [0.717, 1.165) is 4.31 Å². The molecule has 1 aromatic carbocycles. The van der Waals surface area contributed by atoms with Gasteiger partial charge in [0.2, 0.25) is 10.0 Å². The zero-order valence-electron chi connectivity index (χ0n) is 11.8. The van der Waals surface area contributed by atoms with Crippen molar-refractivity contribution in [3.8, 4) is 0 Å². The molecule has 0 radical (unpaired) electrons. The molecule has 4 nitrogen and oxygen atoms in total. The fourth-order valence-electron chi connectivity index (χ4n) is 2.62. The van der Waals surface area contributed by atoms with E-state index in [2.05, 4.69) is 0 Å². The lowest BCUT2D eigenvalue weighted by atomic mass is 10.0. The summed E-state index contributed by atoms with van der Waals surface area (Å²) in [6.07, 6.45) is -4.23. The van der Waals surface area contributed by atoms with Gasteiger partial charge in [0, 0.05) is 18.6 Å². The third-order valence-electron chi connectivity index (χ3n) is 3.69. The molecule has 1 heterocycles. The van der Waals surface area contributed by atoms with Crippen LogP contribution in [0.25, 0.3) is 0 Å². The SMILES string of the molecule is CC1CC(N)CCN1S(=O)(=O)c1ccc(F)cc1C(F)(F)F. The molecule has 0 spiro atoms. The van der Waals surface area contributed by atoms with Crippen molar-refractivity contribution in [2.45, 2.75) is 42.9 Å². The van der Waals surface area contributed by atoms with Gasteiger partial charge in [-0.15, -0.1) is 0 Å². The van der Waals surface area contributed by atoms with Crippen molar-refractivity contribution in [1.82, 2.24) is 4.31 Å². The van der Waals surface area contributed by atoms with Gasteiger partial charge in [-0.1, -0.05) is 0 Å². The highest BCUT2D eigenvalue weighted by Crippen LogP contribution is 2.37. The summed E-state index contributed by atoms with van der Waals surface area (Å²) in [5.74, 6) is -1.14. The Hall–Kier alpha value is -1.19. The first-order chi connectivity index (χ1) is 10.0. The van der Waals surface area contributed by atoms with E-state index in [1.165, 1.54) is 0 Å². The Morgan fingerprint density at radius 1 is 1.32 bits per heavy atom. The van der Waals surface area contributed by atoms with E-state index in [4.69, 9.17) is 5.73 Å². The number of benzene rings is 1. The van der Waals surface area contributed by atoms with Crippen molar-refractivity contribution >= 4 is 10.0 Å². The standard InChI is InChI=1S/C13H16F4N2O2S/c1-8-6-10(18)4-5-19(8)22(20,21)12-3-2-9(14)7-11(12)13(15,16)17/h2-3,7-8,10H,4-6,18H2,1H3. The molecular formula is C13H16F4N2O2S. The van der Waals surface area contributed by atoms with Crippen LogP contribution in [-0.4, -0.2) is 31.4 Å². The van der Waals surface area contributed by atoms with E-state index in [1.54, 1.807) is 6.92 Å². The monoisotopic (exact) mass is 340 g/mol. The number of nitrogens with zero attached hydrogens (tertiary/aromatic N) is 1. The maximum Gasteiger partial charge on any atom is 0.417 e. The highest BCUT2D eigenvalue weighted by molar-refractivity contribution is 7.89. The van der Waals surface area contributed by atoms with Crippen LogP contribution in [0.4, 0.5) is 17.6 Å². The second kappa shape index (κ2) is 5.78. The molecule has 124 valence electrons. The van der Waals surface area contributed by atoms with E-state index in [-0.39, 0.29) is 18.7 Å². The van der Waals surface area contributed by atoms with Crippen molar-refractivity contribution in [3.05, 3.63) is 29.6 Å². The van der Waals surface area contributed by atoms with Gasteiger partial charge in [0.15, 0.2) is 0 Å². The number of halogens is 4. The maximum absolute atomic E-state index is 13.1. The number of piperidine rings is 1. The quantitative estimate of drug-likeness (QED) is 0.841. The van der Waals surface area contributed by atoms with E-state index < -0.39 is 38.5 Å². The first-order valence-electron chi connectivity index (χ1n) is 6.67. The maximum atomic E-state index is 13.1. The summed E-state index contributed by atoms with van der Waals surface area (Å²) in [4.78, 5) is -0.927. The average molecular weight is 340 g/mol. The Balaban J connectivity index is 2.51. The van der Waals surface area contributed by atoms with E-state index in [0.29, 0.717) is 25.0 Å². The molecule has 0 aliphatic carbocycles. The molecule has 22 heavy (non-hydrogen) atoms. The fourth-order valence-corrected chi connectivity index (χ4v) is 4.47. The number of nitrogens with two attached hydrogens (primary N) is 1. The summed E-state index contributed by atoms with van der Waals surface area (Å²) >= 11 is 0. The molecule has 2 N–H and O–H groups in total. The van der Waals surface area contributed by atoms with Crippen LogP contribution >= 0.6 is 0 Å². The molecule has 2 atom stereocenters.